The van der Waals surface area contributed by atoms with Gasteiger partial charge in [-0.2, -0.15) is 0 Å². The van der Waals surface area contributed by atoms with E-state index in [9.17, 15) is 13.2 Å². The molecule has 0 aromatic heterocycles. The second-order valence-corrected chi connectivity index (χ2v) is 6.76. The number of benzene rings is 2. The van der Waals surface area contributed by atoms with Crippen LogP contribution in [0.5, 0.6) is 0 Å². The average Bonchev–Trinajstić information content (AvgIpc) is 2.47. The molecule has 2 aromatic rings. The Morgan fingerprint density at radius 2 is 1.68 bits per heavy atom. The van der Waals surface area contributed by atoms with Crippen LogP contribution in [0, 0.1) is 0 Å². The lowest BCUT2D eigenvalue weighted by Gasteiger charge is -2.14. The number of sulfonamides is 1. The van der Waals surface area contributed by atoms with Gasteiger partial charge in [0.05, 0.1) is 10.5 Å². The SMILES string of the molecule is C[C@@H](Cc1ccccc1)NS(=O)(=O)c1ccc(C(=O)O)cc1. The van der Waals surface area contributed by atoms with E-state index in [1.54, 1.807) is 6.92 Å². The number of aromatic carboxylic acids is 1. The highest BCUT2D eigenvalue weighted by atomic mass is 32.2. The van der Waals surface area contributed by atoms with E-state index in [1.807, 2.05) is 30.3 Å². The Balaban J connectivity index is 2.08. The molecule has 5 nitrogen and oxygen atoms in total. The van der Waals surface area contributed by atoms with Crippen LogP contribution in [0.4, 0.5) is 0 Å². The van der Waals surface area contributed by atoms with E-state index in [0.717, 1.165) is 5.56 Å². The molecule has 0 bridgehead atoms. The van der Waals surface area contributed by atoms with Crippen molar-refractivity contribution in [2.24, 2.45) is 0 Å². The normalized spacial score (nSPS) is 12.8. The van der Waals surface area contributed by atoms with E-state index in [0.29, 0.717) is 6.42 Å². The molecule has 0 amide bonds. The quantitative estimate of drug-likeness (QED) is 0.855. The molecule has 1 atom stereocenters. The first-order chi connectivity index (χ1) is 10.4. The molecule has 0 spiro atoms. The van der Waals surface area contributed by atoms with Crippen LogP contribution in [0.15, 0.2) is 59.5 Å². The third-order valence-corrected chi connectivity index (χ3v) is 4.76. The van der Waals surface area contributed by atoms with Crippen molar-refractivity contribution >= 4 is 16.0 Å². The van der Waals surface area contributed by atoms with Gasteiger partial charge in [0.1, 0.15) is 0 Å². The third-order valence-electron chi connectivity index (χ3n) is 3.15. The topological polar surface area (TPSA) is 83.5 Å². The summed E-state index contributed by atoms with van der Waals surface area (Å²) in [6.07, 6.45) is 0.577. The molecule has 0 aliphatic carbocycles. The summed E-state index contributed by atoms with van der Waals surface area (Å²) >= 11 is 0. The summed E-state index contributed by atoms with van der Waals surface area (Å²) in [5.74, 6) is -1.09. The van der Waals surface area contributed by atoms with E-state index in [-0.39, 0.29) is 16.5 Å². The first-order valence-electron chi connectivity index (χ1n) is 6.78. The van der Waals surface area contributed by atoms with Crippen LogP contribution in [-0.2, 0) is 16.4 Å². The first-order valence-corrected chi connectivity index (χ1v) is 8.26. The number of hydrogen-bond acceptors (Lipinski definition) is 3. The van der Waals surface area contributed by atoms with E-state index >= 15 is 0 Å². The lowest BCUT2D eigenvalue weighted by Crippen LogP contribution is -2.34. The Morgan fingerprint density at radius 3 is 2.23 bits per heavy atom. The summed E-state index contributed by atoms with van der Waals surface area (Å²) < 4.78 is 27.1. The molecule has 0 aliphatic heterocycles. The molecule has 0 saturated carbocycles. The van der Waals surface area contributed by atoms with Crippen molar-refractivity contribution in [1.82, 2.24) is 4.72 Å². The zero-order chi connectivity index (χ0) is 16.2. The van der Waals surface area contributed by atoms with E-state index in [4.69, 9.17) is 5.11 Å². The van der Waals surface area contributed by atoms with Crippen molar-refractivity contribution in [2.75, 3.05) is 0 Å². The predicted molar refractivity (Wildman–Crippen MR) is 83.3 cm³/mol. The maximum Gasteiger partial charge on any atom is 0.335 e. The van der Waals surface area contributed by atoms with Crippen molar-refractivity contribution in [1.29, 1.82) is 0 Å². The number of nitrogens with one attached hydrogen (secondary N) is 1. The van der Waals surface area contributed by atoms with Gasteiger partial charge in [-0.3, -0.25) is 0 Å². The summed E-state index contributed by atoms with van der Waals surface area (Å²) in [5.41, 5.74) is 1.09. The molecule has 0 unspecified atom stereocenters. The maximum absolute atomic E-state index is 12.3. The summed E-state index contributed by atoms with van der Waals surface area (Å²) in [7, 11) is -3.67. The average molecular weight is 319 g/mol. The highest BCUT2D eigenvalue weighted by Gasteiger charge is 2.18. The molecule has 2 N–H and O–H groups in total. The van der Waals surface area contributed by atoms with Crippen molar-refractivity contribution in [3.05, 3.63) is 65.7 Å². The van der Waals surface area contributed by atoms with Gasteiger partial charge in [0.25, 0.3) is 0 Å². The largest absolute Gasteiger partial charge is 0.478 e. The highest BCUT2D eigenvalue weighted by molar-refractivity contribution is 7.89. The van der Waals surface area contributed by atoms with Gasteiger partial charge in [0.15, 0.2) is 0 Å². The Labute approximate surface area is 129 Å². The zero-order valence-electron chi connectivity index (χ0n) is 12.1. The Kier molecular flexibility index (Phi) is 4.95. The van der Waals surface area contributed by atoms with Crippen LogP contribution in [0.2, 0.25) is 0 Å². The minimum absolute atomic E-state index is 0.0521. The third kappa shape index (κ3) is 4.16. The van der Waals surface area contributed by atoms with Crippen LogP contribution in [0.3, 0.4) is 0 Å². The van der Waals surface area contributed by atoms with Crippen molar-refractivity contribution in [2.45, 2.75) is 24.3 Å². The molecule has 0 heterocycles. The first kappa shape index (κ1) is 16.2. The van der Waals surface area contributed by atoms with E-state index < -0.39 is 16.0 Å². The number of carboxylic acids is 1. The van der Waals surface area contributed by atoms with E-state index in [1.165, 1.54) is 24.3 Å². The van der Waals surface area contributed by atoms with Gasteiger partial charge in [-0.25, -0.2) is 17.9 Å². The highest BCUT2D eigenvalue weighted by Crippen LogP contribution is 2.12. The summed E-state index contributed by atoms with van der Waals surface area (Å²) in [6, 6.07) is 14.5. The number of rotatable bonds is 6. The van der Waals surface area contributed by atoms with Gasteiger partial charge in [0.2, 0.25) is 10.0 Å². The Morgan fingerprint density at radius 1 is 1.09 bits per heavy atom. The smallest absolute Gasteiger partial charge is 0.335 e. The molecule has 22 heavy (non-hydrogen) atoms. The second-order valence-electron chi connectivity index (χ2n) is 5.04. The summed E-state index contributed by atoms with van der Waals surface area (Å²) in [6.45, 7) is 1.79. The summed E-state index contributed by atoms with van der Waals surface area (Å²) in [4.78, 5) is 10.8. The number of carboxylic acid groups (broad SMARTS) is 1. The fraction of sp³-hybridized carbons (Fsp3) is 0.188. The van der Waals surface area contributed by atoms with Gasteiger partial charge in [0, 0.05) is 6.04 Å². The Hall–Kier alpha value is -2.18. The predicted octanol–water partition coefficient (Wildman–Crippen LogP) is 2.29. The molecular formula is C16H17NO4S. The zero-order valence-corrected chi connectivity index (χ0v) is 12.9. The lowest BCUT2D eigenvalue weighted by atomic mass is 10.1. The van der Waals surface area contributed by atoms with Crippen molar-refractivity contribution in [3.63, 3.8) is 0 Å². The van der Waals surface area contributed by atoms with Crippen molar-refractivity contribution in [3.8, 4) is 0 Å². The van der Waals surface area contributed by atoms with Gasteiger partial charge in [-0.1, -0.05) is 30.3 Å². The molecule has 2 aromatic carbocycles. The number of hydrogen-bond donors (Lipinski definition) is 2. The molecule has 2 rings (SSSR count). The summed E-state index contributed by atoms with van der Waals surface area (Å²) in [5, 5.41) is 8.82. The van der Waals surface area contributed by atoms with Crippen LogP contribution >= 0.6 is 0 Å². The fourth-order valence-corrected chi connectivity index (χ4v) is 3.36. The van der Waals surface area contributed by atoms with Crippen LogP contribution < -0.4 is 4.72 Å². The maximum atomic E-state index is 12.3. The Bertz CT molecular complexity index is 739. The van der Waals surface area contributed by atoms with Gasteiger partial charge >= 0.3 is 5.97 Å². The van der Waals surface area contributed by atoms with Crippen LogP contribution in [-0.4, -0.2) is 25.5 Å². The minimum atomic E-state index is -3.67. The van der Waals surface area contributed by atoms with Gasteiger partial charge < -0.3 is 5.11 Å². The molecule has 6 heteroatoms. The molecular weight excluding hydrogens is 302 g/mol. The molecule has 116 valence electrons. The minimum Gasteiger partial charge on any atom is -0.478 e. The molecule has 0 aliphatic rings. The standard InChI is InChI=1S/C16H17NO4S/c1-12(11-13-5-3-2-4-6-13)17-22(20,21)15-9-7-14(8-10-15)16(18)19/h2-10,12,17H,11H2,1H3,(H,18,19)/t12-/m0/s1. The monoisotopic (exact) mass is 319 g/mol. The number of carbonyl (C=O) groups is 1. The van der Waals surface area contributed by atoms with Crippen molar-refractivity contribution < 1.29 is 18.3 Å². The lowest BCUT2D eigenvalue weighted by molar-refractivity contribution is 0.0696. The molecule has 0 radical (unpaired) electrons. The molecule has 0 saturated heterocycles. The molecule has 0 fully saturated rings. The van der Waals surface area contributed by atoms with E-state index in [2.05, 4.69) is 4.72 Å². The van der Waals surface area contributed by atoms with Gasteiger partial charge in [-0.05, 0) is 43.2 Å². The second kappa shape index (κ2) is 6.72. The van der Waals surface area contributed by atoms with Crippen LogP contribution in [0.1, 0.15) is 22.8 Å². The fourth-order valence-electron chi connectivity index (χ4n) is 2.12. The van der Waals surface area contributed by atoms with Gasteiger partial charge in [-0.15, -0.1) is 0 Å². The van der Waals surface area contributed by atoms with Crippen LogP contribution in [0.25, 0.3) is 0 Å².